The summed E-state index contributed by atoms with van der Waals surface area (Å²) >= 11 is 5.93. The fourth-order valence-corrected chi connectivity index (χ4v) is 1.57. The predicted molar refractivity (Wildman–Crippen MR) is 54.0 cm³/mol. The maximum absolute atomic E-state index is 5.93. The van der Waals surface area contributed by atoms with E-state index in [-0.39, 0.29) is 0 Å². The zero-order valence-corrected chi connectivity index (χ0v) is 8.26. The molecule has 0 fully saturated rings. The van der Waals surface area contributed by atoms with Gasteiger partial charge >= 0.3 is 0 Å². The smallest absolute Gasteiger partial charge is 0.154 e. The van der Waals surface area contributed by atoms with E-state index in [4.69, 9.17) is 11.6 Å². The number of halogens is 1. The second-order valence-corrected chi connectivity index (χ2v) is 3.48. The number of fused-ring (bicyclic) bond motifs is 1. The van der Waals surface area contributed by atoms with Gasteiger partial charge in [-0.3, -0.25) is 0 Å². The van der Waals surface area contributed by atoms with Crippen LogP contribution >= 0.6 is 11.6 Å². The van der Waals surface area contributed by atoms with E-state index < -0.39 is 0 Å². The topological polar surface area (TPSA) is 25.8 Å². The molecule has 13 heavy (non-hydrogen) atoms. The summed E-state index contributed by atoms with van der Waals surface area (Å²) < 4.78 is 0. The zero-order chi connectivity index (χ0) is 9.42. The molecule has 0 aliphatic rings. The summed E-state index contributed by atoms with van der Waals surface area (Å²) in [6.07, 6.45) is 0. The van der Waals surface area contributed by atoms with Crippen molar-refractivity contribution in [3.8, 4) is 0 Å². The first-order chi connectivity index (χ1) is 6.18. The van der Waals surface area contributed by atoms with E-state index in [1.807, 2.05) is 32.0 Å². The molecule has 2 rings (SSSR count). The highest BCUT2D eigenvalue weighted by Gasteiger charge is 2.03. The molecule has 0 atom stereocenters. The lowest BCUT2D eigenvalue weighted by molar-refractivity contribution is 1.00. The highest BCUT2D eigenvalue weighted by atomic mass is 35.5. The minimum atomic E-state index is 0.476. The Hall–Kier alpha value is -1.15. The number of nitrogens with zero attached hydrogens (tertiary/aromatic N) is 2. The first kappa shape index (κ1) is 8.45. The Kier molecular flexibility index (Phi) is 1.93. The Bertz CT molecular complexity index is 466. The molecule has 3 heteroatoms. The van der Waals surface area contributed by atoms with Crippen molar-refractivity contribution in [2.24, 2.45) is 0 Å². The van der Waals surface area contributed by atoms with Crippen molar-refractivity contribution in [1.82, 2.24) is 10.2 Å². The molecule has 2 aromatic rings. The minimum Gasteiger partial charge on any atom is -0.154 e. The van der Waals surface area contributed by atoms with Crippen LogP contribution in [0.1, 0.15) is 11.3 Å². The van der Waals surface area contributed by atoms with Crippen LogP contribution in [0.25, 0.3) is 10.8 Å². The Morgan fingerprint density at radius 2 is 1.85 bits per heavy atom. The van der Waals surface area contributed by atoms with E-state index in [1.54, 1.807) is 0 Å². The van der Waals surface area contributed by atoms with Crippen LogP contribution in [-0.4, -0.2) is 10.2 Å². The average Bonchev–Trinajstić information content (AvgIpc) is 2.12. The normalized spacial score (nSPS) is 10.7. The molecule has 1 aromatic carbocycles. The zero-order valence-electron chi connectivity index (χ0n) is 7.50. The Labute approximate surface area is 81.6 Å². The van der Waals surface area contributed by atoms with Crippen LogP contribution in [-0.2, 0) is 0 Å². The molecule has 0 bridgehead atoms. The van der Waals surface area contributed by atoms with Gasteiger partial charge in [-0.05, 0) is 19.9 Å². The van der Waals surface area contributed by atoms with Gasteiger partial charge in [0.1, 0.15) is 0 Å². The summed E-state index contributed by atoms with van der Waals surface area (Å²) in [6, 6.07) is 6.10. The van der Waals surface area contributed by atoms with Crippen LogP contribution in [0.2, 0.25) is 5.15 Å². The number of benzene rings is 1. The number of aromatic nitrogens is 2. The van der Waals surface area contributed by atoms with E-state index >= 15 is 0 Å². The quantitative estimate of drug-likeness (QED) is 0.642. The molecular weight excluding hydrogens is 184 g/mol. The summed E-state index contributed by atoms with van der Waals surface area (Å²) in [7, 11) is 0. The SMILES string of the molecule is Cc1ccc2c(C)nnc(Cl)c2c1. The predicted octanol–water partition coefficient (Wildman–Crippen LogP) is 2.90. The van der Waals surface area contributed by atoms with Gasteiger partial charge in [0.2, 0.25) is 0 Å². The van der Waals surface area contributed by atoms with E-state index in [9.17, 15) is 0 Å². The standard InChI is InChI=1S/C10H9ClN2/c1-6-3-4-8-7(2)12-13-10(11)9(8)5-6/h3-5H,1-2H3. The van der Waals surface area contributed by atoms with Crippen molar-refractivity contribution in [2.75, 3.05) is 0 Å². The monoisotopic (exact) mass is 192 g/mol. The second kappa shape index (κ2) is 2.96. The average molecular weight is 193 g/mol. The summed E-state index contributed by atoms with van der Waals surface area (Å²) in [5.41, 5.74) is 2.10. The maximum atomic E-state index is 5.93. The third kappa shape index (κ3) is 1.38. The Morgan fingerprint density at radius 1 is 1.08 bits per heavy atom. The Morgan fingerprint density at radius 3 is 2.62 bits per heavy atom. The lowest BCUT2D eigenvalue weighted by Crippen LogP contribution is -1.90. The maximum Gasteiger partial charge on any atom is 0.159 e. The molecule has 0 aliphatic heterocycles. The summed E-state index contributed by atoms with van der Waals surface area (Å²) in [5, 5.41) is 10.3. The van der Waals surface area contributed by atoms with Gasteiger partial charge in [0.25, 0.3) is 0 Å². The molecule has 0 aliphatic carbocycles. The van der Waals surface area contributed by atoms with Gasteiger partial charge in [-0.1, -0.05) is 29.3 Å². The Balaban J connectivity index is 2.92. The lowest BCUT2D eigenvalue weighted by Gasteiger charge is -2.02. The molecule has 0 N–H and O–H groups in total. The summed E-state index contributed by atoms with van der Waals surface area (Å²) in [4.78, 5) is 0. The third-order valence-corrected chi connectivity index (χ3v) is 2.35. The molecule has 0 amide bonds. The van der Waals surface area contributed by atoms with E-state index in [0.717, 1.165) is 16.5 Å². The first-order valence-corrected chi connectivity index (χ1v) is 4.45. The van der Waals surface area contributed by atoms with Crippen molar-refractivity contribution in [3.05, 3.63) is 34.6 Å². The summed E-state index contributed by atoms with van der Waals surface area (Å²) in [6.45, 7) is 3.96. The van der Waals surface area contributed by atoms with Crippen LogP contribution < -0.4 is 0 Å². The van der Waals surface area contributed by atoms with Crippen LogP contribution in [0.3, 0.4) is 0 Å². The largest absolute Gasteiger partial charge is 0.159 e. The van der Waals surface area contributed by atoms with Crippen LogP contribution in [0.15, 0.2) is 18.2 Å². The molecule has 0 unspecified atom stereocenters. The highest BCUT2D eigenvalue weighted by molar-refractivity contribution is 6.34. The molecule has 0 saturated heterocycles. The van der Waals surface area contributed by atoms with Gasteiger partial charge < -0.3 is 0 Å². The van der Waals surface area contributed by atoms with Gasteiger partial charge in [-0.15, -0.1) is 5.10 Å². The molecule has 66 valence electrons. The van der Waals surface area contributed by atoms with E-state index in [1.165, 1.54) is 5.56 Å². The van der Waals surface area contributed by atoms with Crippen molar-refractivity contribution in [3.63, 3.8) is 0 Å². The molecule has 0 radical (unpaired) electrons. The van der Waals surface area contributed by atoms with E-state index in [0.29, 0.717) is 5.15 Å². The van der Waals surface area contributed by atoms with Crippen LogP contribution in [0, 0.1) is 13.8 Å². The molecule has 1 aromatic heterocycles. The third-order valence-electron chi connectivity index (χ3n) is 2.07. The fraction of sp³-hybridized carbons (Fsp3) is 0.200. The van der Waals surface area contributed by atoms with Crippen molar-refractivity contribution in [1.29, 1.82) is 0 Å². The van der Waals surface area contributed by atoms with Gasteiger partial charge in [0.05, 0.1) is 5.69 Å². The van der Waals surface area contributed by atoms with Gasteiger partial charge in [0, 0.05) is 10.8 Å². The molecule has 0 spiro atoms. The van der Waals surface area contributed by atoms with E-state index in [2.05, 4.69) is 10.2 Å². The number of aryl methyl sites for hydroxylation is 2. The van der Waals surface area contributed by atoms with Crippen molar-refractivity contribution < 1.29 is 0 Å². The van der Waals surface area contributed by atoms with Gasteiger partial charge in [-0.2, -0.15) is 5.10 Å². The molecule has 2 nitrogen and oxygen atoms in total. The number of hydrogen-bond acceptors (Lipinski definition) is 2. The van der Waals surface area contributed by atoms with Crippen molar-refractivity contribution in [2.45, 2.75) is 13.8 Å². The van der Waals surface area contributed by atoms with Gasteiger partial charge in [-0.25, -0.2) is 0 Å². The van der Waals surface area contributed by atoms with Crippen LogP contribution in [0.4, 0.5) is 0 Å². The first-order valence-electron chi connectivity index (χ1n) is 4.07. The van der Waals surface area contributed by atoms with Crippen molar-refractivity contribution >= 4 is 22.4 Å². The molecule has 1 heterocycles. The molecule has 0 saturated carbocycles. The lowest BCUT2D eigenvalue weighted by atomic mass is 10.1. The second-order valence-electron chi connectivity index (χ2n) is 3.13. The minimum absolute atomic E-state index is 0.476. The number of hydrogen-bond donors (Lipinski definition) is 0. The number of rotatable bonds is 0. The summed E-state index contributed by atoms with van der Waals surface area (Å²) in [5.74, 6) is 0. The highest BCUT2D eigenvalue weighted by Crippen LogP contribution is 2.23. The fourth-order valence-electron chi connectivity index (χ4n) is 1.37. The van der Waals surface area contributed by atoms with Gasteiger partial charge in [0.15, 0.2) is 5.15 Å². The molecular formula is C10H9ClN2. The van der Waals surface area contributed by atoms with Crippen LogP contribution in [0.5, 0.6) is 0 Å².